The second-order valence-corrected chi connectivity index (χ2v) is 7.57. The molecule has 0 aromatic heterocycles. The van der Waals surface area contributed by atoms with Gasteiger partial charge in [0.1, 0.15) is 0 Å². The van der Waals surface area contributed by atoms with Crippen LogP contribution in [-0.2, 0) is 15.6 Å². The third-order valence-corrected chi connectivity index (χ3v) is 3.54. The third kappa shape index (κ3) is 3.33. The van der Waals surface area contributed by atoms with Gasteiger partial charge >= 0.3 is 0 Å². The summed E-state index contributed by atoms with van der Waals surface area (Å²) in [5.74, 6) is -0.0680. The van der Waals surface area contributed by atoms with Gasteiger partial charge in [-0.25, -0.2) is 0 Å². The van der Waals surface area contributed by atoms with E-state index in [-0.39, 0.29) is 16.7 Å². The molecule has 1 aromatic rings. The molecule has 1 rings (SSSR count). The van der Waals surface area contributed by atoms with E-state index in [4.69, 9.17) is 5.73 Å². The number of hydrogen-bond acceptors (Lipinski definition) is 2. The molecule has 0 aliphatic rings. The highest BCUT2D eigenvalue weighted by atomic mass is 16.1. The lowest BCUT2D eigenvalue weighted by molar-refractivity contribution is -0.114. The number of nitrogens with two attached hydrogens (primary N) is 1. The summed E-state index contributed by atoms with van der Waals surface area (Å²) in [6, 6.07) is 2.15. The highest BCUT2D eigenvalue weighted by Crippen LogP contribution is 2.40. The summed E-state index contributed by atoms with van der Waals surface area (Å²) in [7, 11) is 0. The fourth-order valence-electron chi connectivity index (χ4n) is 2.38. The lowest BCUT2D eigenvalue weighted by Gasteiger charge is -2.30. The molecule has 3 N–H and O–H groups in total. The molecule has 0 aliphatic carbocycles. The smallest absolute Gasteiger partial charge is 0.221 e. The van der Waals surface area contributed by atoms with Crippen molar-refractivity contribution < 1.29 is 4.79 Å². The number of carbonyl (C=O) groups excluding carboxylic acids is 1. The van der Waals surface area contributed by atoms with Crippen LogP contribution in [0.2, 0.25) is 0 Å². The van der Waals surface area contributed by atoms with E-state index in [9.17, 15) is 4.79 Å². The zero-order chi connectivity index (χ0) is 15.9. The van der Waals surface area contributed by atoms with Gasteiger partial charge in [-0.15, -0.1) is 0 Å². The van der Waals surface area contributed by atoms with E-state index in [1.54, 1.807) is 0 Å². The van der Waals surface area contributed by atoms with Crippen molar-refractivity contribution >= 4 is 17.3 Å². The molecule has 0 unspecified atom stereocenters. The zero-order valence-corrected chi connectivity index (χ0v) is 14.1. The number of nitrogen functional groups attached to an aromatic ring is 1. The average molecular weight is 276 g/mol. The predicted octanol–water partition coefficient (Wildman–Crippen LogP) is 4.13. The van der Waals surface area contributed by atoms with E-state index in [2.05, 4.69) is 52.9 Å². The molecule has 0 spiro atoms. The summed E-state index contributed by atoms with van der Waals surface area (Å²) in [6.07, 6.45) is 0. The topological polar surface area (TPSA) is 55.1 Å². The minimum absolute atomic E-state index is 0.0242. The van der Waals surface area contributed by atoms with Gasteiger partial charge in [0, 0.05) is 18.3 Å². The fourth-order valence-corrected chi connectivity index (χ4v) is 2.38. The SMILES string of the molecule is CC(=O)Nc1c(C(C)(C)C)cc(C(C)(C)C)c(N)c1C. The Morgan fingerprint density at radius 3 is 1.85 bits per heavy atom. The summed E-state index contributed by atoms with van der Waals surface area (Å²) in [4.78, 5) is 11.5. The van der Waals surface area contributed by atoms with Gasteiger partial charge in [0.25, 0.3) is 0 Å². The number of amides is 1. The maximum atomic E-state index is 11.5. The molecule has 0 bridgehead atoms. The van der Waals surface area contributed by atoms with Gasteiger partial charge in [-0.1, -0.05) is 47.6 Å². The van der Waals surface area contributed by atoms with Crippen molar-refractivity contribution in [2.75, 3.05) is 11.1 Å². The van der Waals surface area contributed by atoms with Crippen LogP contribution < -0.4 is 11.1 Å². The molecule has 1 aromatic carbocycles. The Morgan fingerprint density at radius 2 is 1.50 bits per heavy atom. The second-order valence-electron chi connectivity index (χ2n) is 7.57. The highest BCUT2D eigenvalue weighted by Gasteiger charge is 2.27. The normalized spacial score (nSPS) is 12.4. The van der Waals surface area contributed by atoms with E-state index < -0.39 is 0 Å². The van der Waals surface area contributed by atoms with Crippen LogP contribution in [0.25, 0.3) is 0 Å². The van der Waals surface area contributed by atoms with Crippen LogP contribution in [0.15, 0.2) is 6.07 Å². The molecule has 20 heavy (non-hydrogen) atoms. The van der Waals surface area contributed by atoms with Gasteiger partial charge in [-0.3, -0.25) is 4.79 Å². The van der Waals surface area contributed by atoms with Gasteiger partial charge in [0.15, 0.2) is 0 Å². The van der Waals surface area contributed by atoms with Crippen LogP contribution in [0.3, 0.4) is 0 Å². The number of rotatable bonds is 1. The lowest BCUT2D eigenvalue weighted by atomic mass is 9.77. The molecule has 0 atom stereocenters. The number of anilines is 2. The molecule has 0 heterocycles. The number of carbonyl (C=O) groups is 1. The van der Waals surface area contributed by atoms with Crippen LogP contribution in [0.1, 0.15) is 65.2 Å². The summed E-state index contributed by atoms with van der Waals surface area (Å²) in [5, 5.41) is 2.95. The quantitative estimate of drug-likeness (QED) is 0.758. The van der Waals surface area contributed by atoms with Crippen LogP contribution in [-0.4, -0.2) is 5.91 Å². The van der Waals surface area contributed by atoms with Gasteiger partial charge < -0.3 is 11.1 Å². The summed E-state index contributed by atoms with van der Waals surface area (Å²) in [6.45, 7) is 16.4. The Hall–Kier alpha value is -1.51. The molecule has 0 saturated heterocycles. The van der Waals surface area contributed by atoms with Crippen molar-refractivity contribution in [1.29, 1.82) is 0 Å². The van der Waals surface area contributed by atoms with Crippen molar-refractivity contribution in [2.24, 2.45) is 0 Å². The molecular weight excluding hydrogens is 248 g/mol. The molecule has 3 nitrogen and oxygen atoms in total. The van der Waals surface area contributed by atoms with Crippen LogP contribution in [0.5, 0.6) is 0 Å². The second kappa shape index (κ2) is 5.12. The van der Waals surface area contributed by atoms with E-state index in [0.717, 1.165) is 28.1 Å². The first kappa shape index (κ1) is 16.5. The van der Waals surface area contributed by atoms with Gasteiger partial charge in [0.05, 0.1) is 0 Å². The Balaban J connectivity index is 3.69. The maximum Gasteiger partial charge on any atom is 0.221 e. The van der Waals surface area contributed by atoms with E-state index in [1.165, 1.54) is 6.92 Å². The summed E-state index contributed by atoms with van der Waals surface area (Å²) in [5.41, 5.74) is 11.1. The highest BCUT2D eigenvalue weighted by molar-refractivity contribution is 5.92. The average Bonchev–Trinajstić information content (AvgIpc) is 2.20. The monoisotopic (exact) mass is 276 g/mol. The Labute approximate surface area is 122 Å². The zero-order valence-electron chi connectivity index (χ0n) is 14.1. The largest absolute Gasteiger partial charge is 0.398 e. The minimum Gasteiger partial charge on any atom is -0.398 e. The van der Waals surface area contributed by atoms with Crippen LogP contribution in [0.4, 0.5) is 11.4 Å². The first-order valence-electron chi connectivity index (χ1n) is 7.07. The first-order chi connectivity index (χ1) is 8.85. The molecule has 0 saturated carbocycles. The van der Waals surface area contributed by atoms with E-state index >= 15 is 0 Å². The molecule has 3 heteroatoms. The summed E-state index contributed by atoms with van der Waals surface area (Å²) < 4.78 is 0. The van der Waals surface area contributed by atoms with Crippen molar-refractivity contribution in [3.63, 3.8) is 0 Å². The molecule has 0 aliphatic heterocycles. The van der Waals surface area contributed by atoms with Crippen molar-refractivity contribution in [3.05, 3.63) is 22.8 Å². The molecule has 0 fully saturated rings. The standard InChI is InChI=1S/C17H28N2O/c1-10-14(18)12(16(3,4)5)9-13(17(6,7)8)15(10)19-11(2)20/h9H,18H2,1-8H3,(H,19,20). The van der Waals surface area contributed by atoms with Crippen molar-refractivity contribution in [3.8, 4) is 0 Å². The van der Waals surface area contributed by atoms with Gasteiger partial charge in [0.2, 0.25) is 5.91 Å². The molecule has 1 amide bonds. The lowest BCUT2D eigenvalue weighted by Crippen LogP contribution is -2.22. The van der Waals surface area contributed by atoms with Gasteiger partial charge in [-0.2, -0.15) is 0 Å². The molecule has 112 valence electrons. The Morgan fingerprint density at radius 1 is 1.05 bits per heavy atom. The number of nitrogens with one attached hydrogen (secondary N) is 1. The minimum atomic E-state index is -0.0680. The number of benzene rings is 1. The first-order valence-corrected chi connectivity index (χ1v) is 7.07. The Kier molecular flexibility index (Phi) is 4.23. The number of hydrogen-bond donors (Lipinski definition) is 2. The van der Waals surface area contributed by atoms with Crippen LogP contribution >= 0.6 is 0 Å². The Bertz CT molecular complexity index is 531. The van der Waals surface area contributed by atoms with Gasteiger partial charge in [-0.05, 0) is 34.4 Å². The van der Waals surface area contributed by atoms with E-state index in [0.29, 0.717) is 0 Å². The maximum absolute atomic E-state index is 11.5. The molecular formula is C17H28N2O. The van der Waals surface area contributed by atoms with Crippen molar-refractivity contribution in [1.82, 2.24) is 0 Å². The van der Waals surface area contributed by atoms with Crippen LogP contribution in [0, 0.1) is 6.92 Å². The fraction of sp³-hybridized carbons (Fsp3) is 0.588. The predicted molar refractivity (Wildman–Crippen MR) is 87.3 cm³/mol. The van der Waals surface area contributed by atoms with E-state index in [1.807, 2.05) is 6.92 Å². The third-order valence-electron chi connectivity index (χ3n) is 3.54. The summed E-state index contributed by atoms with van der Waals surface area (Å²) >= 11 is 0. The van der Waals surface area contributed by atoms with Crippen molar-refractivity contribution in [2.45, 2.75) is 66.2 Å². The molecule has 0 radical (unpaired) electrons.